The van der Waals surface area contributed by atoms with E-state index in [1.165, 1.54) is 0 Å². The summed E-state index contributed by atoms with van der Waals surface area (Å²) in [5.74, 6) is 0.967. The molecule has 0 saturated carbocycles. The number of likely N-dealkylation sites (tertiary alicyclic amines) is 1. The zero-order valence-electron chi connectivity index (χ0n) is 10.5. The van der Waals surface area contributed by atoms with Gasteiger partial charge in [0.2, 0.25) is 5.91 Å². The minimum atomic E-state index is 0.219. The van der Waals surface area contributed by atoms with Crippen LogP contribution in [-0.2, 0) is 11.2 Å². The second-order valence-electron chi connectivity index (χ2n) is 4.99. The third kappa shape index (κ3) is 3.48. The van der Waals surface area contributed by atoms with E-state index in [-0.39, 0.29) is 5.91 Å². The van der Waals surface area contributed by atoms with E-state index < -0.39 is 0 Å². The van der Waals surface area contributed by atoms with Crippen molar-refractivity contribution in [3.63, 3.8) is 0 Å². The molecule has 0 unspecified atom stereocenters. The van der Waals surface area contributed by atoms with Crippen LogP contribution in [0.4, 0.5) is 0 Å². The summed E-state index contributed by atoms with van der Waals surface area (Å²) in [6.45, 7) is 4.04. The third-order valence-electron chi connectivity index (χ3n) is 3.48. The molecule has 2 rings (SSSR count). The topological polar surface area (TPSA) is 20.3 Å². The van der Waals surface area contributed by atoms with Gasteiger partial charge in [0, 0.05) is 17.6 Å². The van der Waals surface area contributed by atoms with Crippen LogP contribution >= 0.6 is 27.5 Å². The van der Waals surface area contributed by atoms with Crippen molar-refractivity contribution < 1.29 is 4.79 Å². The first kappa shape index (κ1) is 13.9. The molecule has 1 amide bonds. The fourth-order valence-electron chi connectivity index (χ4n) is 2.19. The van der Waals surface area contributed by atoms with Gasteiger partial charge >= 0.3 is 0 Å². The van der Waals surface area contributed by atoms with Gasteiger partial charge in [-0.25, -0.2) is 0 Å². The lowest BCUT2D eigenvalue weighted by atomic mass is 9.98. The van der Waals surface area contributed by atoms with Gasteiger partial charge < -0.3 is 4.90 Å². The van der Waals surface area contributed by atoms with E-state index in [1.807, 2.05) is 23.1 Å². The first-order valence-corrected chi connectivity index (χ1v) is 7.45. The lowest BCUT2D eigenvalue weighted by Gasteiger charge is -2.30. The van der Waals surface area contributed by atoms with Crippen molar-refractivity contribution in [2.24, 2.45) is 5.92 Å². The van der Waals surface area contributed by atoms with Gasteiger partial charge in [0.15, 0.2) is 0 Å². The molecule has 0 radical (unpaired) electrons. The van der Waals surface area contributed by atoms with Gasteiger partial charge in [0.25, 0.3) is 0 Å². The molecule has 1 saturated heterocycles. The maximum absolute atomic E-state index is 12.1. The molecule has 1 fully saturated rings. The van der Waals surface area contributed by atoms with Crippen molar-refractivity contribution in [3.8, 4) is 0 Å². The summed E-state index contributed by atoms with van der Waals surface area (Å²) in [4.78, 5) is 14.1. The molecule has 0 bridgehead atoms. The van der Waals surface area contributed by atoms with Gasteiger partial charge in [-0.2, -0.15) is 0 Å². The van der Waals surface area contributed by atoms with Gasteiger partial charge in [0.05, 0.1) is 11.4 Å². The Morgan fingerprint density at radius 3 is 2.72 bits per heavy atom. The Morgan fingerprint density at radius 1 is 1.44 bits per heavy atom. The van der Waals surface area contributed by atoms with Crippen molar-refractivity contribution in [1.29, 1.82) is 0 Å². The highest BCUT2D eigenvalue weighted by Gasteiger charge is 2.20. The molecule has 4 heteroatoms. The summed E-state index contributed by atoms with van der Waals surface area (Å²) < 4.78 is 0.849. The highest BCUT2D eigenvalue weighted by molar-refractivity contribution is 9.10. The Morgan fingerprint density at radius 2 is 2.11 bits per heavy atom. The third-order valence-corrected chi connectivity index (χ3v) is 4.69. The second-order valence-corrected chi connectivity index (χ2v) is 6.25. The van der Waals surface area contributed by atoms with Crippen LogP contribution in [0.5, 0.6) is 0 Å². The van der Waals surface area contributed by atoms with Crippen LogP contribution in [0.25, 0.3) is 0 Å². The molecule has 18 heavy (non-hydrogen) atoms. The number of amides is 1. The molecule has 1 heterocycles. The minimum absolute atomic E-state index is 0.219. The molecule has 1 aliphatic rings. The molecule has 1 aliphatic heterocycles. The molecule has 1 aromatic rings. The van der Waals surface area contributed by atoms with Crippen LogP contribution < -0.4 is 0 Å². The molecule has 98 valence electrons. The smallest absolute Gasteiger partial charge is 0.226 e. The first-order chi connectivity index (χ1) is 8.56. The van der Waals surface area contributed by atoms with Gasteiger partial charge in [0.1, 0.15) is 0 Å². The van der Waals surface area contributed by atoms with Crippen molar-refractivity contribution in [1.82, 2.24) is 4.90 Å². The molecule has 0 spiro atoms. The number of carbonyl (C=O) groups is 1. The van der Waals surface area contributed by atoms with Crippen molar-refractivity contribution in [2.75, 3.05) is 13.1 Å². The Balaban J connectivity index is 1.96. The average Bonchev–Trinajstić information content (AvgIpc) is 2.34. The highest BCUT2D eigenvalue weighted by Crippen LogP contribution is 2.24. The Kier molecular flexibility index (Phi) is 4.68. The highest BCUT2D eigenvalue weighted by atomic mass is 79.9. The Bertz CT molecular complexity index is 441. The Labute approximate surface area is 121 Å². The second kappa shape index (κ2) is 6.07. The van der Waals surface area contributed by atoms with Gasteiger partial charge in [-0.3, -0.25) is 4.79 Å². The van der Waals surface area contributed by atoms with Crippen molar-refractivity contribution in [2.45, 2.75) is 26.2 Å². The maximum atomic E-state index is 12.1. The van der Waals surface area contributed by atoms with Crippen LogP contribution in [0, 0.1) is 5.92 Å². The van der Waals surface area contributed by atoms with Crippen LogP contribution in [0.1, 0.15) is 25.3 Å². The van der Waals surface area contributed by atoms with Gasteiger partial charge in [-0.1, -0.05) is 24.6 Å². The number of piperidine rings is 1. The van der Waals surface area contributed by atoms with Gasteiger partial charge in [-0.15, -0.1) is 0 Å². The summed E-state index contributed by atoms with van der Waals surface area (Å²) in [6, 6.07) is 5.66. The van der Waals surface area contributed by atoms with Gasteiger partial charge in [-0.05, 0) is 52.4 Å². The molecule has 0 N–H and O–H groups in total. The summed E-state index contributed by atoms with van der Waals surface area (Å²) in [7, 11) is 0. The number of carbonyl (C=O) groups excluding carboxylic acids is 1. The predicted octanol–water partition coefficient (Wildman–Crippen LogP) is 3.90. The number of nitrogens with zero attached hydrogens (tertiary/aromatic N) is 1. The lowest BCUT2D eigenvalue weighted by molar-refractivity contribution is -0.131. The van der Waals surface area contributed by atoms with E-state index in [1.54, 1.807) is 0 Å². The van der Waals surface area contributed by atoms with E-state index in [4.69, 9.17) is 11.6 Å². The Hall–Kier alpha value is -0.540. The number of hydrogen-bond acceptors (Lipinski definition) is 1. The van der Waals surface area contributed by atoms with Crippen molar-refractivity contribution in [3.05, 3.63) is 33.3 Å². The summed E-state index contributed by atoms with van der Waals surface area (Å²) in [6.07, 6.45) is 2.70. The maximum Gasteiger partial charge on any atom is 0.226 e. The molecular formula is C14H17BrClNO. The molecule has 2 nitrogen and oxygen atoms in total. The molecule has 0 aromatic heterocycles. The SMILES string of the molecule is CC1CCN(C(=O)Cc2ccc(Cl)c(Br)c2)CC1. The van der Waals surface area contributed by atoms with Crippen LogP contribution in [0.3, 0.4) is 0 Å². The number of rotatable bonds is 2. The molecule has 0 aliphatic carbocycles. The number of halogens is 2. The average molecular weight is 331 g/mol. The zero-order chi connectivity index (χ0) is 13.1. The molecular weight excluding hydrogens is 314 g/mol. The van der Waals surface area contributed by atoms with E-state index >= 15 is 0 Å². The first-order valence-electron chi connectivity index (χ1n) is 6.28. The van der Waals surface area contributed by atoms with E-state index in [9.17, 15) is 4.79 Å². The zero-order valence-corrected chi connectivity index (χ0v) is 12.8. The monoisotopic (exact) mass is 329 g/mol. The van der Waals surface area contributed by atoms with Crippen LogP contribution in [0.2, 0.25) is 5.02 Å². The van der Waals surface area contributed by atoms with Crippen LogP contribution in [-0.4, -0.2) is 23.9 Å². The fraction of sp³-hybridized carbons (Fsp3) is 0.500. The standard InChI is InChI=1S/C14H17BrClNO/c1-10-4-6-17(7-5-10)14(18)9-11-2-3-13(16)12(15)8-11/h2-3,8,10H,4-7,9H2,1H3. The number of hydrogen-bond donors (Lipinski definition) is 0. The predicted molar refractivity (Wildman–Crippen MR) is 77.8 cm³/mol. The molecule has 1 aromatic carbocycles. The normalized spacial score (nSPS) is 16.9. The van der Waals surface area contributed by atoms with Crippen molar-refractivity contribution >= 4 is 33.4 Å². The van der Waals surface area contributed by atoms with E-state index in [2.05, 4.69) is 22.9 Å². The number of benzene rings is 1. The van der Waals surface area contributed by atoms with E-state index in [0.717, 1.165) is 41.9 Å². The van der Waals surface area contributed by atoms with Crippen LogP contribution in [0.15, 0.2) is 22.7 Å². The summed E-state index contributed by atoms with van der Waals surface area (Å²) in [5.41, 5.74) is 1.01. The minimum Gasteiger partial charge on any atom is -0.342 e. The summed E-state index contributed by atoms with van der Waals surface area (Å²) in [5, 5.41) is 0.679. The quantitative estimate of drug-likeness (QED) is 0.805. The fourth-order valence-corrected chi connectivity index (χ4v) is 2.74. The van der Waals surface area contributed by atoms with E-state index in [0.29, 0.717) is 11.4 Å². The molecule has 0 atom stereocenters. The lowest BCUT2D eigenvalue weighted by Crippen LogP contribution is -2.38. The summed E-state index contributed by atoms with van der Waals surface area (Å²) >= 11 is 9.32. The largest absolute Gasteiger partial charge is 0.342 e.